The third-order valence-corrected chi connectivity index (χ3v) is 6.80. The Morgan fingerprint density at radius 3 is 2.10 bits per heavy atom. The molecule has 1 amide bonds. The highest BCUT2D eigenvalue weighted by atomic mass is 19.4. The third-order valence-electron chi connectivity index (χ3n) is 6.80. The van der Waals surface area contributed by atoms with Crippen LogP contribution in [0.4, 0.5) is 22.0 Å². The Hall–Kier alpha value is -3.75. The van der Waals surface area contributed by atoms with E-state index in [4.69, 9.17) is 0 Å². The molecule has 39 heavy (non-hydrogen) atoms. The molecular formula is C30H29F5N2O2. The Balaban J connectivity index is 1.61. The summed E-state index contributed by atoms with van der Waals surface area (Å²) in [5.41, 5.74) is 2.09. The molecule has 1 unspecified atom stereocenters. The summed E-state index contributed by atoms with van der Waals surface area (Å²) in [6, 6.07) is 15.6. The van der Waals surface area contributed by atoms with Gasteiger partial charge in [-0.1, -0.05) is 62.2 Å². The van der Waals surface area contributed by atoms with Gasteiger partial charge in [0.2, 0.25) is 5.91 Å². The van der Waals surface area contributed by atoms with Crippen molar-refractivity contribution in [1.82, 2.24) is 4.90 Å². The van der Waals surface area contributed by atoms with E-state index >= 15 is 0 Å². The van der Waals surface area contributed by atoms with Gasteiger partial charge in [0.1, 0.15) is 17.4 Å². The summed E-state index contributed by atoms with van der Waals surface area (Å²) in [7, 11) is 1.73. The van der Waals surface area contributed by atoms with Gasteiger partial charge in [-0.3, -0.25) is 9.79 Å². The van der Waals surface area contributed by atoms with Crippen LogP contribution < -0.4 is 4.74 Å². The van der Waals surface area contributed by atoms with Gasteiger partial charge in [0.15, 0.2) is 0 Å². The molecule has 1 aliphatic rings. The zero-order chi connectivity index (χ0) is 28.2. The van der Waals surface area contributed by atoms with Gasteiger partial charge in [0, 0.05) is 25.7 Å². The number of unbranched alkanes of at least 4 members (excludes halogenated alkanes) is 2. The lowest BCUT2D eigenvalue weighted by Crippen LogP contribution is -2.35. The van der Waals surface area contributed by atoms with Gasteiger partial charge in [-0.05, 0) is 47.4 Å². The van der Waals surface area contributed by atoms with Crippen LogP contribution in [0.15, 0.2) is 71.7 Å². The van der Waals surface area contributed by atoms with Crippen LogP contribution in [0.5, 0.6) is 5.75 Å². The van der Waals surface area contributed by atoms with Gasteiger partial charge in [0.05, 0.1) is 17.5 Å². The quantitative estimate of drug-likeness (QED) is 0.204. The van der Waals surface area contributed by atoms with E-state index in [0.29, 0.717) is 17.7 Å². The third kappa shape index (κ3) is 6.82. The topological polar surface area (TPSA) is 41.9 Å². The van der Waals surface area contributed by atoms with E-state index in [9.17, 15) is 26.7 Å². The van der Waals surface area contributed by atoms with Crippen molar-refractivity contribution in [2.24, 2.45) is 10.9 Å². The molecule has 206 valence electrons. The summed E-state index contributed by atoms with van der Waals surface area (Å²) >= 11 is 0. The summed E-state index contributed by atoms with van der Waals surface area (Å²) < 4.78 is 70.5. The highest BCUT2D eigenvalue weighted by Gasteiger charge is 2.39. The Morgan fingerprint density at radius 1 is 0.949 bits per heavy atom. The number of carbonyl (C=O) groups is 1. The number of benzene rings is 3. The number of ether oxygens (including phenoxy) is 1. The second kappa shape index (κ2) is 12.0. The minimum absolute atomic E-state index is 0.0991. The largest absolute Gasteiger partial charge is 0.573 e. The first-order valence-electron chi connectivity index (χ1n) is 12.8. The minimum atomic E-state index is -4.77. The molecular weight excluding hydrogens is 515 g/mol. The lowest BCUT2D eigenvalue weighted by atomic mass is 9.89. The normalized spacial score (nSPS) is 17.2. The van der Waals surface area contributed by atoms with Crippen LogP contribution in [0.2, 0.25) is 0 Å². The predicted molar refractivity (Wildman–Crippen MR) is 139 cm³/mol. The van der Waals surface area contributed by atoms with Crippen molar-refractivity contribution in [3.8, 4) is 16.9 Å². The molecule has 4 nitrogen and oxygen atoms in total. The molecule has 2 atom stereocenters. The SMILES string of the molecule is CCCCCN(C)C(=O)[C@H]1CC(c2c(F)cccc2F)=NC1c1ccc(-c2ccc(OC(F)(F)F)cc2)cc1. The molecule has 0 aliphatic carbocycles. The van der Waals surface area contributed by atoms with E-state index in [1.54, 1.807) is 36.2 Å². The number of amides is 1. The molecule has 0 saturated heterocycles. The van der Waals surface area contributed by atoms with Crippen LogP contribution >= 0.6 is 0 Å². The summed E-state index contributed by atoms with van der Waals surface area (Å²) in [5.74, 6) is -2.55. The number of halogens is 5. The lowest BCUT2D eigenvalue weighted by molar-refractivity contribution is -0.274. The van der Waals surface area contributed by atoms with Crippen LogP contribution in [0, 0.1) is 17.6 Å². The van der Waals surface area contributed by atoms with Crippen molar-refractivity contribution < 1.29 is 31.5 Å². The van der Waals surface area contributed by atoms with Crippen molar-refractivity contribution in [3.05, 3.63) is 89.5 Å². The van der Waals surface area contributed by atoms with Crippen molar-refractivity contribution in [1.29, 1.82) is 0 Å². The Morgan fingerprint density at radius 2 is 1.54 bits per heavy atom. The number of carbonyl (C=O) groups excluding carboxylic acids is 1. The molecule has 9 heteroatoms. The van der Waals surface area contributed by atoms with Gasteiger partial charge in [0.25, 0.3) is 0 Å². The van der Waals surface area contributed by atoms with Crippen LogP contribution in [-0.4, -0.2) is 36.5 Å². The van der Waals surface area contributed by atoms with Crippen molar-refractivity contribution >= 4 is 11.6 Å². The first-order valence-corrected chi connectivity index (χ1v) is 12.8. The van der Waals surface area contributed by atoms with Gasteiger partial charge >= 0.3 is 6.36 Å². The number of hydrogen-bond acceptors (Lipinski definition) is 3. The van der Waals surface area contributed by atoms with E-state index in [2.05, 4.69) is 16.7 Å². The van der Waals surface area contributed by atoms with Crippen molar-refractivity contribution in [2.45, 2.75) is 45.0 Å². The molecule has 0 saturated carbocycles. The molecule has 0 fully saturated rings. The van der Waals surface area contributed by atoms with Crippen molar-refractivity contribution in [3.63, 3.8) is 0 Å². The maximum absolute atomic E-state index is 14.6. The Kier molecular flexibility index (Phi) is 8.67. The summed E-state index contributed by atoms with van der Waals surface area (Å²) in [6.45, 7) is 2.65. The molecule has 0 aromatic heterocycles. The van der Waals surface area contributed by atoms with Crippen LogP contribution in [0.1, 0.15) is 49.8 Å². The number of rotatable bonds is 9. The molecule has 4 rings (SSSR count). The molecule has 0 N–H and O–H groups in total. The fourth-order valence-corrected chi connectivity index (χ4v) is 4.81. The Bertz CT molecular complexity index is 1300. The molecule has 0 radical (unpaired) electrons. The number of aliphatic imine (C=N–C) groups is 1. The second-order valence-corrected chi connectivity index (χ2v) is 9.59. The zero-order valence-electron chi connectivity index (χ0n) is 21.6. The molecule has 3 aromatic rings. The van der Waals surface area contributed by atoms with Crippen LogP contribution in [0.25, 0.3) is 11.1 Å². The summed E-state index contributed by atoms with van der Waals surface area (Å²) in [4.78, 5) is 19.8. The zero-order valence-corrected chi connectivity index (χ0v) is 21.6. The fourth-order valence-electron chi connectivity index (χ4n) is 4.81. The predicted octanol–water partition coefficient (Wildman–Crippen LogP) is 7.73. The number of nitrogens with zero attached hydrogens (tertiary/aromatic N) is 2. The molecule has 1 heterocycles. The average molecular weight is 545 g/mol. The first-order chi connectivity index (χ1) is 18.6. The van der Waals surface area contributed by atoms with Gasteiger partial charge in [-0.2, -0.15) is 0 Å². The van der Waals surface area contributed by atoms with E-state index in [1.807, 2.05) is 0 Å². The molecule has 1 aliphatic heterocycles. The minimum Gasteiger partial charge on any atom is -0.406 e. The maximum Gasteiger partial charge on any atom is 0.573 e. The second-order valence-electron chi connectivity index (χ2n) is 9.59. The first kappa shape index (κ1) is 28.3. The van der Waals surface area contributed by atoms with E-state index in [1.165, 1.54) is 42.5 Å². The maximum atomic E-state index is 14.6. The molecule has 0 bridgehead atoms. The highest BCUT2D eigenvalue weighted by molar-refractivity contribution is 6.05. The highest BCUT2D eigenvalue weighted by Crippen LogP contribution is 2.39. The van der Waals surface area contributed by atoms with E-state index in [-0.39, 0.29) is 29.4 Å². The monoisotopic (exact) mass is 544 g/mol. The standard InChI is InChI=1S/C30H29F5N2O2/c1-3-4-5-17-37(2)29(38)23-18-26(27-24(31)7-6-8-25(27)32)36-28(23)21-11-9-19(10-12-21)20-13-15-22(16-14-20)39-30(33,34)35/h6-16,23,28H,3-5,17-18H2,1-2H3/t23-,28?/m0/s1. The van der Waals surface area contributed by atoms with Crippen LogP contribution in [-0.2, 0) is 4.79 Å². The number of hydrogen-bond donors (Lipinski definition) is 0. The Labute approximate surface area is 224 Å². The molecule has 0 spiro atoms. The molecule has 3 aromatic carbocycles. The lowest BCUT2D eigenvalue weighted by Gasteiger charge is -2.24. The van der Waals surface area contributed by atoms with Crippen molar-refractivity contribution in [2.75, 3.05) is 13.6 Å². The summed E-state index contributed by atoms with van der Waals surface area (Å²) in [5, 5.41) is 0. The van der Waals surface area contributed by atoms with E-state index in [0.717, 1.165) is 24.8 Å². The van der Waals surface area contributed by atoms with Gasteiger partial charge in [-0.15, -0.1) is 13.2 Å². The van der Waals surface area contributed by atoms with Crippen LogP contribution in [0.3, 0.4) is 0 Å². The smallest absolute Gasteiger partial charge is 0.406 e. The van der Waals surface area contributed by atoms with E-state index < -0.39 is 30.0 Å². The summed E-state index contributed by atoms with van der Waals surface area (Å²) in [6.07, 6.45) is -1.82. The van der Waals surface area contributed by atoms with Gasteiger partial charge < -0.3 is 9.64 Å². The number of alkyl halides is 3. The average Bonchev–Trinajstić information content (AvgIpc) is 3.33. The fraction of sp³-hybridized carbons (Fsp3) is 0.333. The van der Waals surface area contributed by atoms with Gasteiger partial charge in [-0.25, -0.2) is 8.78 Å².